The highest BCUT2D eigenvalue weighted by molar-refractivity contribution is 5.56. The second kappa shape index (κ2) is 6.03. The van der Waals surface area contributed by atoms with Gasteiger partial charge in [-0.05, 0) is 24.6 Å². The third-order valence-corrected chi connectivity index (χ3v) is 3.02. The molecule has 0 aliphatic heterocycles. The molecule has 0 atom stereocenters. The fourth-order valence-corrected chi connectivity index (χ4v) is 1.99. The van der Waals surface area contributed by atoms with Gasteiger partial charge in [0.2, 0.25) is 0 Å². The van der Waals surface area contributed by atoms with Gasteiger partial charge in [-0.1, -0.05) is 18.2 Å². The number of benzene rings is 1. The Kier molecular flexibility index (Phi) is 4.35. The van der Waals surface area contributed by atoms with Crippen LogP contribution in [-0.4, -0.2) is 12.1 Å². The van der Waals surface area contributed by atoms with Crippen molar-refractivity contribution in [2.45, 2.75) is 19.6 Å². The highest BCUT2D eigenvalue weighted by atomic mass is 19.4. The monoisotopic (exact) mass is 296 g/mol. The van der Waals surface area contributed by atoms with Gasteiger partial charge in [0.25, 0.3) is 0 Å². The number of nitrogens with zero attached hydrogens (tertiary/aromatic N) is 1. The van der Waals surface area contributed by atoms with Gasteiger partial charge < -0.3 is 10.1 Å². The number of anilines is 1. The first-order valence-corrected chi connectivity index (χ1v) is 6.31. The molecule has 1 N–H and O–H groups in total. The van der Waals surface area contributed by atoms with Gasteiger partial charge in [-0.15, -0.1) is 0 Å². The minimum atomic E-state index is -4.36. The molecule has 0 radical (unpaired) electrons. The Morgan fingerprint density at radius 3 is 2.62 bits per heavy atom. The van der Waals surface area contributed by atoms with Crippen molar-refractivity contribution in [2.24, 2.45) is 0 Å². The molecule has 21 heavy (non-hydrogen) atoms. The highest BCUT2D eigenvalue weighted by Crippen LogP contribution is 2.32. The Hall–Kier alpha value is -2.24. The number of hydrogen-bond donors (Lipinski definition) is 1. The van der Waals surface area contributed by atoms with E-state index in [1.807, 2.05) is 0 Å². The molecule has 0 aliphatic rings. The predicted molar refractivity (Wildman–Crippen MR) is 74.3 cm³/mol. The predicted octanol–water partition coefficient (Wildman–Crippen LogP) is 4.03. The lowest BCUT2D eigenvalue weighted by Crippen LogP contribution is -2.12. The van der Waals surface area contributed by atoms with E-state index in [2.05, 4.69) is 10.3 Å². The number of aromatic nitrogens is 1. The van der Waals surface area contributed by atoms with E-state index in [9.17, 15) is 13.2 Å². The zero-order chi connectivity index (χ0) is 15.5. The summed E-state index contributed by atoms with van der Waals surface area (Å²) in [6, 6.07) is 7.22. The van der Waals surface area contributed by atoms with Crippen molar-refractivity contribution >= 4 is 5.69 Å². The molecule has 2 rings (SSSR count). The fraction of sp³-hybridized carbons (Fsp3) is 0.267. The molecule has 1 aromatic carbocycles. The summed E-state index contributed by atoms with van der Waals surface area (Å²) in [5.41, 5.74) is 0.910. The Balaban J connectivity index is 2.23. The largest absolute Gasteiger partial charge is 0.493 e. The van der Waals surface area contributed by atoms with Gasteiger partial charge in [0, 0.05) is 12.2 Å². The van der Waals surface area contributed by atoms with Crippen molar-refractivity contribution in [3.05, 3.63) is 53.3 Å². The fourth-order valence-electron chi connectivity index (χ4n) is 1.99. The number of pyridine rings is 1. The van der Waals surface area contributed by atoms with Gasteiger partial charge in [0.15, 0.2) is 5.75 Å². The van der Waals surface area contributed by atoms with Gasteiger partial charge in [0.05, 0.1) is 24.6 Å². The summed E-state index contributed by atoms with van der Waals surface area (Å²) in [6.07, 6.45) is -2.83. The van der Waals surface area contributed by atoms with E-state index >= 15 is 0 Å². The summed E-state index contributed by atoms with van der Waals surface area (Å²) < 4.78 is 43.9. The second-order valence-corrected chi connectivity index (χ2v) is 4.53. The number of aryl methyl sites for hydroxylation is 1. The van der Waals surface area contributed by atoms with E-state index in [1.165, 1.54) is 25.4 Å². The van der Waals surface area contributed by atoms with Crippen LogP contribution in [0.4, 0.5) is 18.9 Å². The van der Waals surface area contributed by atoms with E-state index < -0.39 is 11.7 Å². The van der Waals surface area contributed by atoms with Crippen LogP contribution in [0, 0.1) is 6.92 Å². The van der Waals surface area contributed by atoms with Gasteiger partial charge in [0.1, 0.15) is 0 Å². The second-order valence-electron chi connectivity index (χ2n) is 4.53. The Bertz CT molecular complexity index is 627. The number of rotatable bonds is 4. The Morgan fingerprint density at radius 1 is 1.24 bits per heavy atom. The topological polar surface area (TPSA) is 34.1 Å². The highest BCUT2D eigenvalue weighted by Gasteiger charge is 2.32. The molecule has 0 amide bonds. The number of hydrogen-bond acceptors (Lipinski definition) is 3. The van der Waals surface area contributed by atoms with Crippen LogP contribution in [0.15, 0.2) is 36.5 Å². The van der Waals surface area contributed by atoms with E-state index in [1.54, 1.807) is 19.1 Å². The van der Waals surface area contributed by atoms with Crippen molar-refractivity contribution in [3.8, 4) is 5.75 Å². The minimum absolute atomic E-state index is 0.0511. The third-order valence-electron chi connectivity index (χ3n) is 3.02. The van der Waals surface area contributed by atoms with Crippen molar-refractivity contribution in [1.82, 2.24) is 4.98 Å². The first-order valence-electron chi connectivity index (χ1n) is 6.31. The van der Waals surface area contributed by atoms with E-state index in [0.717, 1.165) is 11.8 Å². The summed E-state index contributed by atoms with van der Waals surface area (Å²) in [6.45, 7) is 1.85. The molecule has 0 unspecified atom stereocenters. The molecule has 0 spiro atoms. The molecule has 2 aromatic rings. The SMILES string of the molecule is COc1cnc(C)cc1NCc1ccccc1C(F)(F)F. The van der Waals surface area contributed by atoms with Gasteiger partial charge >= 0.3 is 6.18 Å². The molecule has 112 valence electrons. The van der Waals surface area contributed by atoms with E-state index in [4.69, 9.17) is 4.74 Å². The average Bonchev–Trinajstić information content (AvgIpc) is 2.44. The number of nitrogens with one attached hydrogen (secondary N) is 1. The third kappa shape index (κ3) is 3.65. The summed E-state index contributed by atoms with van der Waals surface area (Å²) in [4.78, 5) is 4.08. The normalized spacial score (nSPS) is 11.3. The molecule has 0 fully saturated rings. The number of alkyl halides is 3. The van der Waals surface area contributed by atoms with Gasteiger partial charge in [-0.2, -0.15) is 13.2 Å². The first-order chi connectivity index (χ1) is 9.91. The van der Waals surface area contributed by atoms with Crippen LogP contribution in [0.5, 0.6) is 5.75 Å². The van der Waals surface area contributed by atoms with Crippen molar-refractivity contribution in [3.63, 3.8) is 0 Å². The van der Waals surface area contributed by atoms with Crippen LogP contribution in [0.1, 0.15) is 16.8 Å². The maximum Gasteiger partial charge on any atom is 0.416 e. The minimum Gasteiger partial charge on any atom is -0.493 e. The lowest BCUT2D eigenvalue weighted by atomic mass is 10.1. The number of halogens is 3. The summed E-state index contributed by atoms with van der Waals surface area (Å²) in [5.74, 6) is 0.491. The Labute approximate surface area is 120 Å². The number of ether oxygens (including phenoxy) is 1. The van der Waals surface area contributed by atoms with Crippen molar-refractivity contribution in [1.29, 1.82) is 0 Å². The van der Waals surface area contributed by atoms with Crippen LogP contribution in [0.3, 0.4) is 0 Å². The van der Waals surface area contributed by atoms with E-state index in [-0.39, 0.29) is 12.1 Å². The molecule has 1 heterocycles. The van der Waals surface area contributed by atoms with Gasteiger partial charge in [-0.25, -0.2) is 0 Å². The number of methoxy groups -OCH3 is 1. The van der Waals surface area contributed by atoms with Crippen LogP contribution in [-0.2, 0) is 12.7 Å². The standard InChI is InChI=1S/C15H15F3N2O/c1-10-7-13(14(21-2)9-19-10)20-8-11-5-3-4-6-12(11)15(16,17)18/h3-7,9H,8H2,1-2H3,(H,19,20). The summed E-state index contributed by atoms with van der Waals surface area (Å²) >= 11 is 0. The smallest absolute Gasteiger partial charge is 0.416 e. The zero-order valence-electron chi connectivity index (χ0n) is 11.7. The zero-order valence-corrected chi connectivity index (χ0v) is 11.7. The van der Waals surface area contributed by atoms with Crippen LogP contribution < -0.4 is 10.1 Å². The first kappa shape index (κ1) is 15.2. The average molecular weight is 296 g/mol. The summed E-state index contributed by atoms with van der Waals surface area (Å²) in [5, 5.41) is 2.97. The van der Waals surface area contributed by atoms with Crippen molar-refractivity contribution in [2.75, 3.05) is 12.4 Å². The molecular weight excluding hydrogens is 281 g/mol. The molecule has 0 saturated heterocycles. The molecule has 6 heteroatoms. The molecule has 0 aliphatic carbocycles. The van der Waals surface area contributed by atoms with Crippen molar-refractivity contribution < 1.29 is 17.9 Å². The van der Waals surface area contributed by atoms with Crippen LogP contribution in [0.25, 0.3) is 0 Å². The molecule has 0 bridgehead atoms. The maximum absolute atomic E-state index is 12.9. The molecule has 3 nitrogen and oxygen atoms in total. The molecule has 0 saturated carbocycles. The van der Waals surface area contributed by atoms with Crippen LogP contribution in [0.2, 0.25) is 0 Å². The quantitative estimate of drug-likeness (QED) is 0.925. The molecular formula is C15H15F3N2O. The maximum atomic E-state index is 12.9. The Morgan fingerprint density at radius 2 is 1.95 bits per heavy atom. The lowest BCUT2D eigenvalue weighted by Gasteiger charge is -2.15. The van der Waals surface area contributed by atoms with Gasteiger partial charge in [-0.3, -0.25) is 4.98 Å². The van der Waals surface area contributed by atoms with E-state index in [0.29, 0.717) is 11.4 Å². The van der Waals surface area contributed by atoms with Crippen LogP contribution >= 0.6 is 0 Å². The molecule has 1 aromatic heterocycles. The summed E-state index contributed by atoms with van der Waals surface area (Å²) in [7, 11) is 1.49. The lowest BCUT2D eigenvalue weighted by molar-refractivity contribution is -0.138.